The summed E-state index contributed by atoms with van der Waals surface area (Å²) in [6.45, 7) is 1.86. The number of hydrogen-bond donors (Lipinski definition) is 1. The van der Waals surface area contributed by atoms with Gasteiger partial charge in [0.05, 0.1) is 18.1 Å². The maximum atomic E-state index is 12.5. The number of aromatic nitrogens is 2. The van der Waals surface area contributed by atoms with E-state index < -0.39 is 5.91 Å². The van der Waals surface area contributed by atoms with Crippen LogP contribution in [0.3, 0.4) is 0 Å². The largest absolute Gasteiger partial charge is 0.486 e. The van der Waals surface area contributed by atoms with Gasteiger partial charge in [-0.2, -0.15) is 5.10 Å². The number of benzene rings is 2. The molecule has 9 heteroatoms. The van der Waals surface area contributed by atoms with E-state index in [1.807, 2.05) is 24.3 Å². The second-order valence-electron chi connectivity index (χ2n) is 7.09. The Hall–Kier alpha value is -3.85. The molecule has 2 heterocycles. The minimum absolute atomic E-state index is 0.00842. The van der Waals surface area contributed by atoms with Crippen molar-refractivity contribution in [2.75, 3.05) is 5.32 Å². The molecule has 0 radical (unpaired) electrons. The smallest absolute Gasteiger partial charge is 0.291 e. The van der Waals surface area contributed by atoms with Crippen LogP contribution in [0.4, 0.5) is 5.69 Å². The van der Waals surface area contributed by atoms with Gasteiger partial charge in [-0.3, -0.25) is 9.59 Å². The lowest BCUT2D eigenvalue weighted by Gasteiger charge is -2.06. The first kappa shape index (κ1) is 22.3. The summed E-state index contributed by atoms with van der Waals surface area (Å²) in [6.07, 6.45) is 3.19. The number of Topliss-reactive ketones (excluding diaryl/α,β-unsaturated/α-hetero) is 1. The number of ketones is 1. The monoisotopic (exact) mass is 509 g/mol. The molecule has 0 fully saturated rings. The van der Waals surface area contributed by atoms with Crippen molar-refractivity contribution in [3.8, 4) is 11.5 Å². The Morgan fingerprint density at radius 1 is 1.00 bits per heavy atom. The van der Waals surface area contributed by atoms with Crippen molar-refractivity contribution in [2.24, 2.45) is 0 Å². The van der Waals surface area contributed by atoms with Crippen LogP contribution in [0.1, 0.15) is 33.6 Å². The van der Waals surface area contributed by atoms with E-state index in [1.165, 1.54) is 13.1 Å². The summed E-state index contributed by atoms with van der Waals surface area (Å²) in [7, 11) is 0. The fourth-order valence-corrected chi connectivity index (χ4v) is 3.15. The van der Waals surface area contributed by atoms with Crippen LogP contribution in [0.15, 0.2) is 81.9 Å². The van der Waals surface area contributed by atoms with Crippen LogP contribution in [0.25, 0.3) is 0 Å². The van der Waals surface area contributed by atoms with Gasteiger partial charge in [0.2, 0.25) is 0 Å². The normalized spacial score (nSPS) is 10.6. The number of ether oxygens (including phenoxy) is 2. The first-order valence-electron chi connectivity index (χ1n) is 10.0. The van der Waals surface area contributed by atoms with Crippen LogP contribution in [0.2, 0.25) is 0 Å². The van der Waals surface area contributed by atoms with E-state index in [0.717, 1.165) is 4.47 Å². The lowest BCUT2D eigenvalue weighted by Crippen LogP contribution is -2.10. The van der Waals surface area contributed by atoms with E-state index in [4.69, 9.17) is 13.9 Å². The molecule has 0 bridgehead atoms. The minimum atomic E-state index is -0.402. The SMILES string of the molecule is CC(=O)c1ccc(OCc2ccc(C(=O)Nc3cnn(COc4ccc(Br)cc4)c3)o2)cc1. The summed E-state index contributed by atoms with van der Waals surface area (Å²) >= 11 is 3.38. The highest BCUT2D eigenvalue weighted by Gasteiger charge is 2.13. The third-order valence-electron chi connectivity index (χ3n) is 4.60. The lowest BCUT2D eigenvalue weighted by atomic mass is 10.1. The number of rotatable bonds is 9. The molecular formula is C24H20BrN3O5. The molecule has 0 saturated carbocycles. The molecule has 33 heavy (non-hydrogen) atoms. The summed E-state index contributed by atoms with van der Waals surface area (Å²) in [4.78, 5) is 23.8. The van der Waals surface area contributed by atoms with E-state index in [-0.39, 0.29) is 24.9 Å². The number of hydrogen-bond acceptors (Lipinski definition) is 6. The maximum Gasteiger partial charge on any atom is 0.291 e. The highest BCUT2D eigenvalue weighted by Crippen LogP contribution is 2.18. The highest BCUT2D eigenvalue weighted by atomic mass is 79.9. The van der Waals surface area contributed by atoms with Crippen molar-refractivity contribution in [2.45, 2.75) is 20.3 Å². The highest BCUT2D eigenvalue weighted by molar-refractivity contribution is 9.10. The second kappa shape index (κ2) is 10.2. The first-order chi connectivity index (χ1) is 16.0. The Balaban J connectivity index is 1.27. The predicted molar refractivity (Wildman–Crippen MR) is 124 cm³/mol. The van der Waals surface area contributed by atoms with E-state index in [0.29, 0.717) is 28.5 Å². The predicted octanol–water partition coefficient (Wildman–Crippen LogP) is 5.31. The molecule has 2 aromatic carbocycles. The van der Waals surface area contributed by atoms with Gasteiger partial charge in [0.1, 0.15) is 23.9 Å². The van der Waals surface area contributed by atoms with Gasteiger partial charge in [-0.25, -0.2) is 4.68 Å². The number of halogens is 1. The number of nitrogens with one attached hydrogen (secondary N) is 1. The molecule has 0 atom stereocenters. The van der Waals surface area contributed by atoms with Gasteiger partial charge < -0.3 is 19.2 Å². The average Bonchev–Trinajstić information content (AvgIpc) is 3.47. The quantitative estimate of drug-likeness (QED) is 0.307. The van der Waals surface area contributed by atoms with Gasteiger partial charge in [-0.1, -0.05) is 15.9 Å². The third kappa shape index (κ3) is 6.11. The van der Waals surface area contributed by atoms with Crippen molar-refractivity contribution in [3.05, 3.63) is 94.6 Å². The van der Waals surface area contributed by atoms with Crippen LogP contribution >= 0.6 is 15.9 Å². The summed E-state index contributed by atoms with van der Waals surface area (Å²) in [5.74, 6) is 1.54. The van der Waals surface area contributed by atoms with Crippen LogP contribution in [0.5, 0.6) is 11.5 Å². The van der Waals surface area contributed by atoms with E-state index >= 15 is 0 Å². The zero-order chi connectivity index (χ0) is 23.2. The minimum Gasteiger partial charge on any atom is -0.486 e. The Morgan fingerprint density at radius 2 is 1.70 bits per heavy atom. The fraction of sp³-hybridized carbons (Fsp3) is 0.125. The van der Waals surface area contributed by atoms with Crippen molar-refractivity contribution in [1.82, 2.24) is 9.78 Å². The first-order valence-corrected chi connectivity index (χ1v) is 10.8. The van der Waals surface area contributed by atoms with Crippen molar-refractivity contribution in [1.29, 1.82) is 0 Å². The van der Waals surface area contributed by atoms with E-state index in [9.17, 15) is 9.59 Å². The summed E-state index contributed by atoms with van der Waals surface area (Å²) < 4.78 is 19.4. The number of carbonyl (C=O) groups is 2. The Labute approximate surface area is 198 Å². The van der Waals surface area contributed by atoms with Crippen molar-refractivity contribution >= 4 is 33.3 Å². The molecule has 0 unspecified atom stereocenters. The maximum absolute atomic E-state index is 12.5. The second-order valence-corrected chi connectivity index (χ2v) is 8.00. The number of anilines is 1. The number of amides is 1. The Morgan fingerprint density at radius 3 is 2.42 bits per heavy atom. The molecule has 0 aliphatic rings. The van der Waals surface area contributed by atoms with Crippen LogP contribution < -0.4 is 14.8 Å². The standard InChI is InChI=1S/C24H20BrN3O5/c1-16(29)17-2-6-20(7-3-17)31-14-22-10-11-23(33-22)24(30)27-19-12-26-28(13-19)15-32-21-8-4-18(25)5-9-21/h2-13H,14-15H2,1H3,(H,27,30). The molecule has 8 nitrogen and oxygen atoms in total. The van der Waals surface area contributed by atoms with Gasteiger partial charge in [-0.15, -0.1) is 0 Å². The summed E-state index contributed by atoms with van der Waals surface area (Å²) in [5.41, 5.74) is 1.13. The Bertz CT molecular complexity index is 1250. The van der Waals surface area contributed by atoms with Gasteiger partial charge in [0.25, 0.3) is 5.91 Å². The number of furan rings is 1. The molecule has 1 N–H and O–H groups in total. The zero-order valence-electron chi connectivity index (χ0n) is 17.7. The lowest BCUT2D eigenvalue weighted by molar-refractivity contribution is 0.0990. The van der Waals surface area contributed by atoms with E-state index in [2.05, 4.69) is 26.3 Å². The molecule has 4 aromatic rings. The topological polar surface area (TPSA) is 95.6 Å². The van der Waals surface area contributed by atoms with Gasteiger partial charge in [0, 0.05) is 10.0 Å². The van der Waals surface area contributed by atoms with Crippen LogP contribution in [0, 0.1) is 0 Å². The van der Waals surface area contributed by atoms with Crippen LogP contribution in [-0.2, 0) is 13.3 Å². The van der Waals surface area contributed by atoms with Crippen molar-refractivity contribution < 1.29 is 23.5 Å². The molecule has 0 saturated heterocycles. The zero-order valence-corrected chi connectivity index (χ0v) is 19.2. The number of nitrogens with zero attached hydrogens (tertiary/aromatic N) is 2. The molecular weight excluding hydrogens is 490 g/mol. The molecule has 1 amide bonds. The Kier molecular flexibility index (Phi) is 6.89. The number of carbonyl (C=O) groups excluding carboxylic acids is 2. The summed E-state index contributed by atoms with van der Waals surface area (Å²) in [6, 6.07) is 17.5. The molecule has 4 rings (SSSR count). The molecule has 0 spiro atoms. The molecule has 0 aliphatic carbocycles. The van der Waals surface area contributed by atoms with Crippen LogP contribution in [-0.4, -0.2) is 21.5 Å². The summed E-state index contributed by atoms with van der Waals surface area (Å²) in [5, 5.41) is 6.91. The fourth-order valence-electron chi connectivity index (χ4n) is 2.88. The van der Waals surface area contributed by atoms with Gasteiger partial charge in [-0.05, 0) is 67.6 Å². The van der Waals surface area contributed by atoms with Gasteiger partial charge >= 0.3 is 0 Å². The third-order valence-corrected chi connectivity index (χ3v) is 5.12. The van der Waals surface area contributed by atoms with E-state index in [1.54, 1.807) is 47.3 Å². The average molecular weight is 510 g/mol. The molecule has 0 aliphatic heterocycles. The molecule has 168 valence electrons. The molecule has 2 aromatic heterocycles. The van der Waals surface area contributed by atoms with Gasteiger partial charge in [0.15, 0.2) is 18.3 Å². The van der Waals surface area contributed by atoms with Crippen molar-refractivity contribution in [3.63, 3.8) is 0 Å².